The number of sulfonamides is 1. The lowest BCUT2D eigenvalue weighted by molar-refractivity contribution is 0.395. The molecule has 3 aromatic carbocycles. The summed E-state index contributed by atoms with van der Waals surface area (Å²) in [5.41, 5.74) is 7.22. The fourth-order valence-electron chi connectivity index (χ4n) is 3.78. The monoisotopic (exact) mass is 410 g/mol. The van der Waals surface area contributed by atoms with Crippen LogP contribution in [0.4, 0.5) is 15.8 Å². The Labute approximate surface area is 171 Å². The van der Waals surface area contributed by atoms with Gasteiger partial charge in [0.2, 0.25) is 10.0 Å². The highest BCUT2D eigenvalue weighted by molar-refractivity contribution is 7.88. The number of rotatable bonds is 4. The minimum atomic E-state index is -3.20. The summed E-state index contributed by atoms with van der Waals surface area (Å²) in [6, 6.07) is 18.6. The third kappa shape index (κ3) is 4.18. The molecule has 0 aliphatic carbocycles. The molecule has 0 fully saturated rings. The Morgan fingerprint density at radius 1 is 1.03 bits per heavy atom. The van der Waals surface area contributed by atoms with Crippen LogP contribution in [0.2, 0.25) is 0 Å². The van der Waals surface area contributed by atoms with Gasteiger partial charge in [-0.3, -0.25) is 0 Å². The second-order valence-corrected chi connectivity index (χ2v) is 9.43. The van der Waals surface area contributed by atoms with Gasteiger partial charge in [0.1, 0.15) is 5.82 Å². The number of hydrogen-bond acceptors (Lipinski definition) is 3. The van der Waals surface area contributed by atoms with Crippen molar-refractivity contribution in [3.05, 3.63) is 83.2 Å². The Balaban J connectivity index is 1.64. The molecule has 0 atom stereocenters. The number of hydrogen-bond donors (Lipinski definition) is 1. The van der Waals surface area contributed by atoms with E-state index in [-0.39, 0.29) is 5.82 Å². The number of fused-ring (bicyclic) bond motifs is 1. The van der Waals surface area contributed by atoms with Crippen molar-refractivity contribution in [2.24, 2.45) is 0 Å². The van der Waals surface area contributed by atoms with E-state index in [0.717, 1.165) is 39.2 Å². The number of halogens is 1. The average molecular weight is 411 g/mol. The van der Waals surface area contributed by atoms with E-state index in [2.05, 4.69) is 11.4 Å². The zero-order valence-corrected chi connectivity index (χ0v) is 17.3. The van der Waals surface area contributed by atoms with Gasteiger partial charge >= 0.3 is 0 Å². The smallest absolute Gasteiger partial charge is 0.211 e. The van der Waals surface area contributed by atoms with Gasteiger partial charge in [0.25, 0.3) is 0 Å². The quantitative estimate of drug-likeness (QED) is 0.668. The van der Waals surface area contributed by atoms with Crippen molar-refractivity contribution < 1.29 is 12.8 Å². The molecule has 1 aliphatic heterocycles. The average Bonchev–Trinajstić information content (AvgIpc) is 2.69. The minimum Gasteiger partial charge on any atom is -0.355 e. The molecule has 3 aromatic rings. The van der Waals surface area contributed by atoms with Gasteiger partial charge in [0, 0.05) is 24.5 Å². The molecule has 0 saturated heterocycles. The molecule has 4 rings (SSSR count). The van der Waals surface area contributed by atoms with E-state index in [0.29, 0.717) is 19.5 Å². The summed E-state index contributed by atoms with van der Waals surface area (Å²) in [7, 11) is -3.20. The summed E-state index contributed by atoms with van der Waals surface area (Å²) in [4.78, 5) is 0. The third-order valence-electron chi connectivity index (χ3n) is 5.37. The molecule has 0 unspecified atom stereocenters. The van der Waals surface area contributed by atoms with Gasteiger partial charge < -0.3 is 5.32 Å². The summed E-state index contributed by atoms with van der Waals surface area (Å²) >= 11 is 0. The lowest BCUT2D eigenvalue weighted by atomic mass is 9.97. The van der Waals surface area contributed by atoms with Crippen LogP contribution in [-0.2, 0) is 23.0 Å². The zero-order chi connectivity index (χ0) is 20.6. The van der Waals surface area contributed by atoms with Crippen LogP contribution in [0.5, 0.6) is 0 Å². The molecule has 0 bridgehead atoms. The second kappa shape index (κ2) is 7.61. The third-order valence-corrected chi connectivity index (χ3v) is 6.62. The normalized spacial score (nSPS) is 14.4. The summed E-state index contributed by atoms with van der Waals surface area (Å²) in [5.74, 6) is -0.250. The molecule has 0 radical (unpaired) electrons. The highest BCUT2D eigenvalue weighted by atomic mass is 32.2. The second-order valence-electron chi connectivity index (χ2n) is 7.45. The SMILES string of the molecule is Cc1ccc(Nc2cccc3c2CCN(S(C)(=O)=O)C3)cc1-c1ccc(F)cc1. The van der Waals surface area contributed by atoms with E-state index in [1.807, 2.05) is 37.3 Å². The van der Waals surface area contributed by atoms with Crippen LogP contribution >= 0.6 is 0 Å². The summed E-state index contributed by atoms with van der Waals surface area (Å²) in [5, 5.41) is 3.49. The number of nitrogens with zero attached hydrogens (tertiary/aromatic N) is 1. The highest BCUT2D eigenvalue weighted by Gasteiger charge is 2.24. The van der Waals surface area contributed by atoms with E-state index in [1.165, 1.54) is 22.7 Å². The van der Waals surface area contributed by atoms with Crippen molar-refractivity contribution in [3.63, 3.8) is 0 Å². The largest absolute Gasteiger partial charge is 0.355 e. The van der Waals surface area contributed by atoms with Crippen LogP contribution in [0.25, 0.3) is 11.1 Å². The number of anilines is 2. The Morgan fingerprint density at radius 2 is 1.79 bits per heavy atom. The number of nitrogens with one attached hydrogen (secondary N) is 1. The molecule has 0 aromatic heterocycles. The topological polar surface area (TPSA) is 49.4 Å². The zero-order valence-electron chi connectivity index (χ0n) is 16.4. The van der Waals surface area contributed by atoms with Crippen LogP contribution in [0.3, 0.4) is 0 Å². The first kappa shape index (κ1) is 19.6. The standard InChI is InChI=1S/C23H23FN2O2S/c1-16-6-11-20(14-22(16)17-7-9-19(24)10-8-17)25-23-5-3-4-18-15-26(29(2,27)28)13-12-21(18)23/h3-11,14,25H,12-13,15H2,1-2H3. The van der Waals surface area contributed by atoms with Crippen molar-refractivity contribution in [2.45, 2.75) is 19.9 Å². The van der Waals surface area contributed by atoms with Crippen molar-refractivity contribution in [3.8, 4) is 11.1 Å². The van der Waals surface area contributed by atoms with Crippen LogP contribution < -0.4 is 5.32 Å². The molecular formula is C23H23FN2O2S. The first-order valence-electron chi connectivity index (χ1n) is 9.51. The van der Waals surface area contributed by atoms with E-state index in [1.54, 1.807) is 12.1 Å². The molecular weight excluding hydrogens is 387 g/mol. The Kier molecular flexibility index (Phi) is 5.15. The fraction of sp³-hybridized carbons (Fsp3) is 0.217. The van der Waals surface area contributed by atoms with Crippen molar-refractivity contribution >= 4 is 21.4 Å². The molecule has 1 heterocycles. The molecule has 0 amide bonds. The van der Waals surface area contributed by atoms with Crippen LogP contribution in [-0.4, -0.2) is 25.5 Å². The lowest BCUT2D eigenvalue weighted by Gasteiger charge is -2.28. The predicted octanol–water partition coefficient (Wildman–Crippen LogP) is 4.86. The Hall–Kier alpha value is -2.70. The summed E-state index contributed by atoms with van der Waals surface area (Å²) < 4.78 is 38.6. The lowest BCUT2D eigenvalue weighted by Crippen LogP contribution is -2.35. The molecule has 1 N–H and O–H groups in total. The van der Waals surface area contributed by atoms with E-state index >= 15 is 0 Å². The number of aryl methyl sites for hydroxylation is 1. The summed E-state index contributed by atoms with van der Waals surface area (Å²) in [6.45, 7) is 2.92. The molecule has 4 nitrogen and oxygen atoms in total. The van der Waals surface area contributed by atoms with Crippen molar-refractivity contribution in [1.29, 1.82) is 0 Å². The van der Waals surface area contributed by atoms with Gasteiger partial charge in [0.05, 0.1) is 6.26 Å². The maximum absolute atomic E-state index is 13.3. The van der Waals surface area contributed by atoms with Gasteiger partial charge in [-0.1, -0.05) is 30.3 Å². The van der Waals surface area contributed by atoms with Gasteiger partial charge in [-0.05, 0) is 71.5 Å². The first-order chi connectivity index (χ1) is 13.8. The van der Waals surface area contributed by atoms with E-state index in [4.69, 9.17) is 0 Å². The van der Waals surface area contributed by atoms with Crippen molar-refractivity contribution in [1.82, 2.24) is 4.31 Å². The van der Waals surface area contributed by atoms with Gasteiger partial charge in [0.15, 0.2) is 0 Å². The van der Waals surface area contributed by atoms with Crippen LogP contribution in [0.15, 0.2) is 60.7 Å². The molecule has 150 valence electrons. The fourth-order valence-corrected chi connectivity index (χ4v) is 4.58. The molecule has 1 aliphatic rings. The number of benzene rings is 3. The van der Waals surface area contributed by atoms with Gasteiger partial charge in [-0.2, -0.15) is 4.31 Å². The Bertz CT molecular complexity index is 1160. The molecule has 29 heavy (non-hydrogen) atoms. The van der Waals surface area contributed by atoms with Gasteiger partial charge in [-0.25, -0.2) is 12.8 Å². The van der Waals surface area contributed by atoms with E-state index in [9.17, 15) is 12.8 Å². The predicted molar refractivity (Wildman–Crippen MR) is 115 cm³/mol. The highest BCUT2D eigenvalue weighted by Crippen LogP contribution is 2.32. The first-order valence-corrected chi connectivity index (χ1v) is 11.4. The summed E-state index contributed by atoms with van der Waals surface area (Å²) in [6.07, 6.45) is 1.92. The van der Waals surface area contributed by atoms with Gasteiger partial charge in [-0.15, -0.1) is 0 Å². The Morgan fingerprint density at radius 3 is 2.52 bits per heavy atom. The molecule has 6 heteroatoms. The molecule has 0 saturated carbocycles. The maximum Gasteiger partial charge on any atom is 0.211 e. The maximum atomic E-state index is 13.3. The van der Waals surface area contributed by atoms with E-state index < -0.39 is 10.0 Å². The minimum absolute atomic E-state index is 0.250. The van der Waals surface area contributed by atoms with Crippen molar-refractivity contribution in [2.75, 3.05) is 18.1 Å². The van der Waals surface area contributed by atoms with Crippen LogP contribution in [0, 0.1) is 12.7 Å². The van der Waals surface area contributed by atoms with Crippen LogP contribution in [0.1, 0.15) is 16.7 Å². The molecule has 0 spiro atoms.